The number of benzene rings is 1. The van der Waals surface area contributed by atoms with Crippen LogP contribution in [0.4, 0.5) is 20.4 Å². The topological polar surface area (TPSA) is 81.1 Å². The number of aromatic nitrogens is 4. The van der Waals surface area contributed by atoms with E-state index in [1.165, 1.54) is 18.2 Å². The molecule has 2 atom stereocenters. The van der Waals surface area contributed by atoms with Crippen molar-refractivity contribution in [3.8, 4) is 11.3 Å². The lowest BCUT2D eigenvalue weighted by atomic mass is 9.81. The number of imidazole rings is 1. The summed E-state index contributed by atoms with van der Waals surface area (Å²) in [5.74, 6) is -0.534. The quantitative estimate of drug-likeness (QED) is 0.496. The van der Waals surface area contributed by atoms with E-state index in [0.29, 0.717) is 17.4 Å². The van der Waals surface area contributed by atoms with Crippen molar-refractivity contribution in [1.82, 2.24) is 19.6 Å². The van der Waals surface area contributed by atoms with Gasteiger partial charge in [-0.3, -0.25) is 4.98 Å². The summed E-state index contributed by atoms with van der Waals surface area (Å²) in [5, 5.41) is 7.76. The summed E-state index contributed by atoms with van der Waals surface area (Å²) < 4.78 is 30.1. The number of hydrogen-bond donors (Lipinski definition) is 2. The van der Waals surface area contributed by atoms with Crippen molar-refractivity contribution in [1.29, 1.82) is 0 Å². The fourth-order valence-corrected chi connectivity index (χ4v) is 4.34. The van der Waals surface area contributed by atoms with Crippen LogP contribution in [0.2, 0.25) is 0 Å². The Labute approximate surface area is 178 Å². The monoisotopic (exact) mass is 420 g/mol. The van der Waals surface area contributed by atoms with Gasteiger partial charge in [0.25, 0.3) is 0 Å². The zero-order valence-electron chi connectivity index (χ0n) is 16.8. The van der Waals surface area contributed by atoms with Crippen LogP contribution in [-0.4, -0.2) is 25.6 Å². The molecule has 0 aliphatic heterocycles. The Hall–Kier alpha value is -3.39. The molecule has 2 unspecified atom stereocenters. The number of nitrogens with zero attached hydrogens (tertiary/aromatic N) is 4. The number of halogens is 2. The Morgan fingerprint density at radius 2 is 1.87 bits per heavy atom. The normalized spacial score (nSPS) is 18.9. The molecule has 4 aromatic rings. The second kappa shape index (κ2) is 8.03. The molecule has 0 radical (unpaired) electrons. The van der Waals surface area contributed by atoms with Gasteiger partial charge in [0.05, 0.1) is 34.9 Å². The number of pyridine rings is 1. The summed E-state index contributed by atoms with van der Waals surface area (Å²) >= 11 is 0. The molecule has 1 fully saturated rings. The Morgan fingerprint density at radius 3 is 2.68 bits per heavy atom. The maximum Gasteiger partial charge on any atom is 0.229 e. The van der Waals surface area contributed by atoms with Gasteiger partial charge in [-0.05, 0) is 61.1 Å². The number of rotatable bonds is 4. The van der Waals surface area contributed by atoms with Crippen LogP contribution in [0.25, 0.3) is 16.8 Å². The number of anilines is 2. The van der Waals surface area contributed by atoms with E-state index in [9.17, 15) is 8.78 Å². The molecule has 3 heterocycles. The second-order valence-electron chi connectivity index (χ2n) is 7.95. The van der Waals surface area contributed by atoms with Crippen molar-refractivity contribution in [2.75, 3.05) is 5.32 Å². The van der Waals surface area contributed by atoms with Gasteiger partial charge in [-0.25, -0.2) is 13.8 Å². The first kappa shape index (κ1) is 19.6. The van der Waals surface area contributed by atoms with Crippen molar-refractivity contribution in [2.45, 2.75) is 37.6 Å². The molecule has 8 heteroatoms. The smallest absolute Gasteiger partial charge is 0.229 e. The van der Waals surface area contributed by atoms with Gasteiger partial charge >= 0.3 is 0 Å². The lowest BCUT2D eigenvalue weighted by Crippen LogP contribution is -2.27. The third-order valence-corrected chi connectivity index (χ3v) is 5.86. The minimum Gasteiger partial charge on any atom is -0.328 e. The van der Waals surface area contributed by atoms with Gasteiger partial charge in [-0.15, -0.1) is 0 Å². The van der Waals surface area contributed by atoms with E-state index >= 15 is 0 Å². The minimum absolute atomic E-state index is 0.165. The van der Waals surface area contributed by atoms with E-state index in [2.05, 4.69) is 20.4 Å². The molecule has 5 rings (SSSR count). The molecule has 1 aliphatic rings. The van der Waals surface area contributed by atoms with Gasteiger partial charge in [0.15, 0.2) is 0 Å². The molecule has 0 saturated heterocycles. The molecule has 0 bridgehead atoms. The average Bonchev–Trinajstić information content (AvgIpc) is 3.16. The van der Waals surface area contributed by atoms with Crippen LogP contribution in [0.15, 0.2) is 55.0 Å². The molecular formula is C23H22F2N6. The highest BCUT2D eigenvalue weighted by atomic mass is 19.1. The van der Waals surface area contributed by atoms with Gasteiger partial charge in [-0.2, -0.15) is 9.61 Å². The first-order valence-electron chi connectivity index (χ1n) is 10.4. The standard InChI is InChI=1S/C23H22F2N6/c24-18-5-2-6-19(25)22(18)20-8-7-16-12-28-23(31(16)30-20)29-21-13-27-10-9-17(21)14-3-1-4-15(26)11-14/h2,5-10,12-15H,1,3-4,11,26H2,(H,28,29). The van der Waals surface area contributed by atoms with Gasteiger partial charge in [0.2, 0.25) is 5.95 Å². The maximum atomic E-state index is 14.3. The highest BCUT2D eigenvalue weighted by Gasteiger charge is 2.23. The van der Waals surface area contributed by atoms with Crippen LogP contribution in [0.5, 0.6) is 0 Å². The van der Waals surface area contributed by atoms with Gasteiger partial charge in [-0.1, -0.05) is 12.5 Å². The molecule has 6 nitrogen and oxygen atoms in total. The molecule has 31 heavy (non-hydrogen) atoms. The van der Waals surface area contributed by atoms with Crippen LogP contribution >= 0.6 is 0 Å². The fraction of sp³-hybridized carbons (Fsp3) is 0.261. The van der Waals surface area contributed by atoms with Crippen molar-refractivity contribution >= 4 is 17.2 Å². The Kier molecular flexibility index (Phi) is 5.07. The predicted molar refractivity (Wildman–Crippen MR) is 115 cm³/mol. The minimum atomic E-state index is -0.662. The second-order valence-corrected chi connectivity index (χ2v) is 7.95. The third-order valence-electron chi connectivity index (χ3n) is 5.86. The van der Waals surface area contributed by atoms with E-state index < -0.39 is 11.6 Å². The largest absolute Gasteiger partial charge is 0.328 e. The van der Waals surface area contributed by atoms with Crippen molar-refractivity contribution in [3.63, 3.8) is 0 Å². The zero-order chi connectivity index (χ0) is 21.4. The summed E-state index contributed by atoms with van der Waals surface area (Å²) in [5.41, 5.74) is 8.89. The molecule has 0 amide bonds. The SMILES string of the molecule is NC1CCCC(c2ccncc2Nc2ncc3ccc(-c4c(F)cccc4F)nn23)C1. The Balaban J connectivity index is 1.52. The van der Waals surface area contributed by atoms with Crippen LogP contribution in [0.3, 0.4) is 0 Å². The fourth-order valence-electron chi connectivity index (χ4n) is 4.34. The zero-order valence-corrected chi connectivity index (χ0v) is 16.8. The maximum absolute atomic E-state index is 14.3. The van der Waals surface area contributed by atoms with E-state index in [1.807, 2.05) is 6.07 Å². The Bertz CT molecular complexity index is 1220. The van der Waals surface area contributed by atoms with Crippen molar-refractivity contribution < 1.29 is 8.78 Å². The highest BCUT2D eigenvalue weighted by molar-refractivity contribution is 5.66. The van der Waals surface area contributed by atoms with E-state index in [1.54, 1.807) is 35.2 Å². The first-order valence-corrected chi connectivity index (χ1v) is 10.4. The molecule has 1 aromatic carbocycles. The molecule has 1 saturated carbocycles. The van der Waals surface area contributed by atoms with Crippen LogP contribution in [0, 0.1) is 11.6 Å². The number of nitrogens with one attached hydrogen (secondary N) is 1. The first-order chi connectivity index (χ1) is 15.1. The summed E-state index contributed by atoms with van der Waals surface area (Å²) in [6, 6.07) is 9.29. The van der Waals surface area contributed by atoms with Crippen LogP contribution < -0.4 is 11.1 Å². The Morgan fingerprint density at radius 1 is 1.03 bits per heavy atom. The van der Waals surface area contributed by atoms with Crippen LogP contribution in [0.1, 0.15) is 37.2 Å². The summed E-state index contributed by atoms with van der Waals surface area (Å²) in [6.07, 6.45) is 9.34. The van der Waals surface area contributed by atoms with E-state index in [0.717, 1.165) is 36.9 Å². The number of hydrogen-bond acceptors (Lipinski definition) is 5. The van der Waals surface area contributed by atoms with Crippen molar-refractivity contribution in [3.05, 3.63) is 72.2 Å². The van der Waals surface area contributed by atoms with Gasteiger partial charge < -0.3 is 11.1 Å². The highest BCUT2D eigenvalue weighted by Crippen LogP contribution is 2.36. The van der Waals surface area contributed by atoms with Crippen molar-refractivity contribution in [2.24, 2.45) is 5.73 Å². The van der Waals surface area contributed by atoms with Gasteiger partial charge in [0.1, 0.15) is 11.6 Å². The lowest BCUT2D eigenvalue weighted by molar-refractivity contribution is 0.394. The molecule has 158 valence electrons. The molecule has 3 aromatic heterocycles. The average molecular weight is 420 g/mol. The van der Waals surface area contributed by atoms with E-state index in [4.69, 9.17) is 5.73 Å². The summed E-state index contributed by atoms with van der Waals surface area (Å²) in [4.78, 5) is 8.68. The molecule has 1 aliphatic carbocycles. The van der Waals surface area contributed by atoms with Crippen LogP contribution in [-0.2, 0) is 0 Å². The molecule has 0 spiro atoms. The van der Waals surface area contributed by atoms with Gasteiger partial charge in [0, 0.05) is 12.2 Å². The predicted octanol–water partition coefficient (Wildman–Crippen LogP) is 4.80. The number of fused-ring (bicyclic) bond motifs is 1. The summed E-state index contributed by atoms with van der Waals surface area (Å²) in [6.45, 7) is 0. The third kappa shape index (κ3) is 3.74. The molecular weight excluding hydrogens is 398 g/mol. The van der Waals surface area contributed by atoms with E-state index in [-0.39, 0.29) is 17.3 Å². The molecule has 3 N–H and O–H groups in total. The lowest BCUT2D eigenvalue weighted by Gasteiger charge is -2.28. The summed E-state index contributed by atoms with van der Waals surface area (Å²) in [7, 11) is 0. The number of nitrogens with two attached hydrogens (primary N) is 1.